The molecule has 2 rings (SSSR count). The van der Waals surface area contributed by atoms with E-state index >= 15 is 0 Å². The molecule has 0 heterocycles. The summed E-state index contributed by atoms with van der Waals surface area (Å²) >= 11 is 4.36. The van der Waals surface area contributed by atoms with Crippen LogP contribution in [0.1, 0.15) is 110 Å². The largest absolute Gasteiger partial charge is 0.508 e. The van der Waals surface area contributed by atoms with Crippen molar-refractivity contribution in [2.45, 2.75) is 122 Å². The average Bonchev–Trinajstić information content (AvgIpc) is 2.88. The number of carbonyl (C=O) groups is 3. The number of aromatic hydroxyl groups is 1. The molecule has 3 N–H and O–H groups in total. The Hall–Kier alpha value is -2.42. The third-order valence-corrected chi connectivity index (χ3v) is 7.29. The van der Waals surface area contributed by atoms with Crippen LogP contribution in [-0.2, 0) is 14.3 Å². The molecule has 2 unspecified atom stereocenters. The van der Waals surface area contributed by atoms with E-state index in [4.69, 9.17) is 4.74 Å². The van der Waals surface area contributed by atoms with Gasteiger partial charge >= 0.3 is 6.09 Å². The zero-order chi connectivity index (χ0) is 28.8. The lowest BCUT2D eigenvalue weighted by Gasteiger charge is -2.35. The summed E-state index contributed by atoms with van der Waals surface area (Å²) in [5.74, 6) is -0.500. The van der Waals surface area contributed by atoms with Gasteiger partial charge in [-0.15, -0.1) is 0 Å². The minimum Gasteiger partial charge on any atom is -0.508 e. The molecule has 1 aliphatic rings. The van der Waals surface area contributed by atoms with Crippen molar-refractivity contribution < 1.29 is 24.2 Å². The number of ether oxygens (including phenoxy) is 1. The number of phenolic OH excluding ortho intramolecular Hbond substituents is 1. The first-order valence-electron chi connectivity index (χ1n) is 14.6. The van der Waals surface area contributed by atoms with Crippen LogP contribution in [0.2, 0.25) is 0 Å². The van der Waals surface area contributed by atoms with Crippen molar-refractivity contribution in [3.05, 3.63) is 29.8 Å². The topological polar surface area (TPSA) is 108 Å². The van der Waals surface area contributed by atoms with Crippen molar-refractivity contribution in [1.82, 2.24) is 15.5 Å². The van der Waals surface area contributed by atoms with E-state index in [1.54, 1.807) is 37.8 Å². The summed E-state index contributed by atoms with van der Waals surface area (Å²) in [6.45, 7) is 7.79. The van der Waals surface area contributed by atoms with Crippen LogP contribution in [0.15, 0.2) is 24.3 Å². The quantitative estimate of drug-likeness (QED) is 0.167. The Kier molecular flexibility index (Phi) is 14.0. The van der Waals surface area contributed by atoms with Crippen molar-refractivity contribution >= 4 is 30.5 Å². The highest BCUT2D eigenvalue weighted by atomic mass is 32.1. The summed E-state index contributed by atoms with van der Waals surface area (Å²) in [6, 6.07) is 4.61. The molecule has 1 saturated carbocycles. The van der Waals surface area contributed by atoms with E-state index in [0.717, 1.165) is 64.2 Å². The Bertz CT molecular complexity index is 897. The zero-order valence-electron chi connectivity index (χ0n) is 24.2. The van der Waals surface area contributed by atoms with Crippen LogP contribution in [0.25, 0.3) is 0 Å². The smallest absolute Gasteiger partial charge is 0.408 e. The van der Waals surface area contributed by atoms with Crippen molar-refractivity contribution in [2.24, 2.45) is 0 Å². The Morgan fingerprint density at radius 3 is 2.23 bits per heavy atom. The highest BCUT2D eigenvalue weighted by molar-refractivity contribution is 7.80. The van der Waals surface area contributed by atoms with Gasteiger partial charge in [-0.1, -0.05) is 70.4 Å². The second-order valence-electron chi connectivity index (χ2n) is 11.5. The van der Waals surface area contributed by atoms with E-state index in [1.165, 1.54) is 18.6 Å². The zero-order valence-corrected chi connectivity index (χ0v) is 25.1. The molecule has 8 nitrogen and oxygen atoms in total. The summed E-state index contributed by atoms with van der Waals surface area (Å²) in [5.41, 5.74) is -0.114. The number of benzene rings is 1. The second-order valence-corrected chi connectivity index (χ2v) is 11.9. The number of hydrogen-bond donors (Lipinski definition) is 4. The fourth-order valence-corrected chi connectivity index (χ4v) is 5.17. The van der Waals surface area contributed by atoms with Gasteiger partial charge in [0.1, 0.15) is 23.4 Å². The number of hydrogen-bond acceptors (Lipinski definition) is 6. The van der Waals surface area contributed by atoms with Crippen LogP contribution < -0.4 is 10.6 Å². The number of nitrogens with zero attached hydrogens (tertiary/aromatic N) is 1. The summed E-state index contributed by atoms with van der Waals surface area (Å²) in [4.78, 5) is 42.0. The van der Waals surface area contributed by atoms with Crippen LogP contribution in [0.4, 0.5) is 4.79 Å². The molecule has 0 radical (unpaired) electrons. The number of alkyl carbamates (subject to hydrolysis) is 1. The van der Waals surface area contributed by atoms with Gasteiger partial charge in [-0.25, -0.2) is 4.79 Å². The summed E-state index contributed by atoms with van der Waals surface area (Å²) in [5, 5.41) is 15.7. The predicted molar refractivity (Wildman–Crippen MR) is 158 cm³/mol. The number of rotatable bonds is 14. The maximum Gasteiger partial charge on any atom is 0.408 e. The van der Waals surface area contributed by atoms with Gasteiger partial charge in [-0.05, 0) is 57.7 Å². The summed E-state index contributed by atoms with van der Waals surface area (Å²) < 4.78 is 5.38. The second kappa shape index (κ2) is 16.6. The number of amides is 3. The highest BCUT2D eigenvalue weighted by Gasteiger charge is 2.36. The molecular formula is C30H49N3O5S. The molecule has 2 atom stereocenters. The molecule has 9 heteroatoms. The first-order chi connectivity index (χ1) is 18.6. The Balaban J connectivity index is 2.35. The first kappa shape index (κ1) is 32.8. The lowest BCUT2D eigenvalue weighted by Crippen LogP contribution is -2.54. The van der Waals surface area contributed by atoms with Crippen molar-refractivity contribution in [1.29, 1.82) is 0 Å². The molecule has 1 fully saturated rings. The van der Waals surface area contributed by atoms with Crippen molar-refractivity contribution in [3.8, 4) is 5.75 Å². The van der Waals surface area contributed by atoms with E-state index < -0.39 is 23.8 Å². The third kappa shape index (κ3) is 11.7. The Morgan fingerprint density at radius 1 is 1.03 bits per heavy atom. The van der Waals surface area contributed by atoms with Crippen LogP contribution in [0, 0.1) is 0 Å². The van der Waals surface area contributed by atoms with Gasteiger partial charge in [0.05, 0.1) is 0 Å². The highest BCUT2D eigenvalue weighted by Crippen LogP contribution is 2.27. The fraction of sp³-hybridized carbons (Fsp3) is 0.700. The molecule has 39 heavy (non-hydrogen) atoms. The number of thiol groups is 1. The Labute approximate surface area is 240 Å². The molecule has 0 aliphatic heterocycles. The minimum absolute atomic E-state index is 0.0532. The molecule has 3 amide bonds. The van der Waals surface area contributed by atoms with Crippen LogP contribution >= 0.6 is 12.6 Å². The molecule has 0 spiro atoms. The lowest BCUT2D eigenvalue weighted by atomic mass is 9.94. The van der Waals surface area contributed by atoms with Crippen LogP contribution in [0.5, 0.6) is 5.75 Å². The Morgan fingerprint density at radius 2 is 1.64 bits per heavy atom. The monoisotopic (exact) mass is 563 g/mol. The minimum atomic E-state index is -0.967. The maximum atomic E-state index is 14.0. The van der Waals surface area contributed by atoms with Gasteiger partial charge in [0.2, 0.25) is 11.8 Å². The SMILES string of the molecule is CCCCCCCCN(C(=O)C(CS)NC(=O)OC(C)(C)C)C(C(=O)NC1CCCCC1)c1ccc(O)cc1. The van der Waals surface area contributed by atoms with E-state index in [9.17, 15) is 19.5 Å². The van der Waals surface area contributed by atoms with Crippen LogP contribution in [0.3, 0.4) is 0 Å². The predicted octanol–water partition coefficient (Wildman–Crippen LogP) is 5.89. The molecule has 1 aliphatic carbocycles. The molecule has 1 aromatic carbocycles. The van der Waals surface area contributed by atoms with Crippen molar-refractivity contribution in [3.63, 3.8) is 0 Å². The molecule has 0 aromatic heterocycles. The number of nitrogens with one attached hydrogen (secondary N) is 2. The average molecular weight is 564 g/mol. The number of carbonyl (C=O) groups excluding carboxylic acids is 3. The maximum absolute atomic E-state index is 14.0. The van der Waals surface area contributed by atoms with E-state index in [1.807, 2.05) is 0 Å². The van der Waals surface area contributed by atoms with Crippen LogP contribution in [-0.4, -0.2) is 57.9 Å². The lowest BCUT2D eigenvalue weighted by molar-refractivity contribution is -0.142. The van der Waals surface area contributed by atoms with E-state index in [2.05, 4.69) is 30.2 Å². The molecule has 1 aromatic rings. The molecule has 220 valence electrons. The summed E-state index contributed by atoms with van der Waals surface area (Å²) in [7, 11) is 0. The van der Waals surface area contributed by atoms with Gasteiger partial charge in [-0.3, -0.25) is 9.59 Å². The standard InChI is InChI=1S/C30H49N3O5S/c1-5-6-7-8-9-13-20-33(28(36)25(21-39)32-29(37)38-30(2,3)4)26(22-16-18-24(34)19-17-22)27(35)31-23-14-11-10-12-15-23/h16-19,23,25-26,34,39H,5-15,20-21H2,1-4H3,(H,31,35)(H,32,37). The van der Waals surface area contributed by atoms with E-state index in [0.29, 0.717) is 12.1 Å². The van der Waals surface area contributed by atoms with Crippen molar-refractivity contribution in [2.75, 3.05) is 12.3 Å². The molecule has 0 saturated heterocycles. The summed E-state index contributed by atoms with van der Waals surface area (Å²) in [6.07, 6.45) is 10.6. The number of unbranched alkanes of at least 4 members (excludes halogenated alkanes) is 5. The third-order valence-electron chi connectivity index (χ3n) is 6.93. The van der Waals surface area contributed by atoms with Gasteiger partial charge in [0, 0.05) is 18.3 Å². The fourth-order valence-electron chi connectivity index (χ4n) is 4.92. The van der Waals surface area contributed by atoms with Gasteiger partial charge in [0.25, 0.3) is 0 Å². The normalized spacial score (nSPS) is 15.7. The molecule has 0 bridgehead atoms. The van der Waals surface area contributed by atoms with E-state index in [-0.39, 0.29) is 29.4 Å². The van der Waals surface area contributed by atoms with Gasteiger partial charge in [-0.2, -0.15) is 12.6 Å². The van der Waals surface area contributed by atoms with Gasteiger partial charge < -0.3 is 25.4 Å². The number of phenols is 1. The molecular weight excluding hydrogens is 514 g/mol. The first-order valence-corrected chi connectivity index (χ1v) is 15.2. The van der Waals surface area contributed by atoms with Gasteiger partial charge in [0.15, 0.2) is 0 Å².